The van der Waals surface area contributed by atoms with E-state index >= 15 is 0 Å². The molecular formula is C16H21NO3. The van der Waals surface area contributed by atoms with E-state index in [0.717, 1.165) is 42.5 Å². The Morgan fingerprint density at radius 2 is 1.75 bits per heavy atom. The number of fused-ring (bicyclic) bond motifs is 1. The smallest absolute Gasteiger partial charge is 0.299 e. The number of benzene rings is 1. The fourth-order valence-corrected chi connectivity index (χ4v) is 2.78. The zero-order valence-corrected chi connectivity index (χ0v) is 12.1. The summed E-state index contributed by atoms with van der Waals surface area (Å²) >= 11 is 0. The largest absolute Gasteiger partial charge is 0.396 e. The normalized spacial score (nSPS) is 14.1. The summed E-state index contributed by atoms with van der Waals surface area (Å²) in [5.41, 5.74) is 3.32. The molecule has 0 bridgehead atoms. The molecule has 0 saturated carbocycles. The number of anilines is 1. The maximum absolute atomic E-state index is 12.1. The van der Waals surface area contributed by atoms with Gasteiger partial charge in [-0.2, -0.15) is 0 Å². The first-order valence-corrected chi connectivity index (χ1v) is 7.14. The molecule has 1 aromatic rings. The van der Waals surface area contributed by atoms with E-state index in [1.807, 2.05) is 19.9 Å². The van der Waals surface area contributed by atoms with Crippen molar-refractivity contribution < 1.29 is 14.7 Å². The van der Waals surface area contributed by atoms with Crippen molar-refractivity contribution in [1.29, 1.82) is 0 Å². The minimum absolute atomic E-state index is 0.211. The monoisotopic (exact) mass is 275 g/mol. The molecule has 0 aliphatic carbocycles. The Hall–Kier alpha value is -1.68. The van der Waals surface area contributed by atoms with Crippen LogP contribution in [-0.4, -0.2) is 29.9 Å². The molecule has 0 atom stereocenters. The third kappa shape index (κ3) is 2.75. The van der Waals surface area contributed by atoms with Gasteiger partial charge < -0.3 is 10.0 Å². The highest BCUT2D eigenvalue weighted by Crippen LogP contribution is 2.33. The van der Waals surface area contributed by atoms with Gasteiger partial charge in [-0.05, 0) is 43.9 Å². The quantitative estimate of drug-likeness (QED) is 0.640. The van der Waals surface area contributed by atoms with E-state index < -0.39 is 5.91 Å². The third-order valence-corrected chi connectivity index (χ3v) is 3.69. The number of aliphatic hydroxyl groups excluding tert-OH is 1. The van der Waals surface area contributed by atoms with Crippen molar-refractivity contribution in [2.75, 3.05) is 18.1 Å². The summed E-state index contributed by atoms with van der Waals surface area (Å²) < 4.78 is 0. The first-order chi connectivity index (χ1) is 9.56. The number of aliphatic hydroxyl groups is 1. The van der Waals surface area contributed by atoms with Crippen LogP contribution in [0.3, 0.4) is 0 Å². The maximum atomic E-state index is 12.1. The minimum atomic E-state index is -0.407. The van der Waals surface area contributed by atoms with E-state index in [1.165, 1.54) is 0 Å². The van der Waals surface area contributed by atoms with Crippen LogP contribution in [0, 0.1) is 13.8 Å². The molecule has 0 radical (unpaired) electrons. The van der Waals surface area contributed by atoms with Gasteiger partial charge in [0.15, 0.2) is 0 Å². The average molecular weight is 275 g/mol. The Kier molecular flexibility index (Phi) is 4.55. The number of carbonyl (C=O) groups excluding carboxylic acids is 2. The third-order valence-electron chi connectivity index (χ3n) is 3.69. The molecule has 1 N–H and O–H groups in total. The van der Waals surface area contributed by atoms with E-state index in [2.05, 4.69) is 0 Å². The molecule has 1 heterocycles. The number of hydrogen-bond acceptors (Lipinski definition) is 3. The van der Waals surface area contributed by atoms with Crippen molar-refractivity contribution in [2.45, 2.75) is 39.5 Å². The van der Waals surface area contributed by atoms with Gasteiger partial charge in [-0.15, -0.1) is 0 Å². The first-order valence-electron chi connectivity index (χ1n) is 7.14. The van der Waals surface area contributed by atoms with Crippen LogP contribution < -0.4 is 4.90 Å². The molecule has 0 fully saturated rings. The maximum Gasteiger partial charge on any atom is 0.299 e. The van der Waals surface area contributed by atoms with Gasteiger partial charge in [-0.25, -0.2) is 0 Å². The summed E-state index contributed by atoms with van der Waals surface area (Å²) in [4.78, 5) is 25.7. The van der Waals surface area contributed by atoms with Crippen molar-refractivity contribution in [3.63, 3.8) is 0 Å². The number of carbonyl (C=O) groups is 2. The van der Waals surface area contributed by atoms with Gasteiger partial charge in [-0.3, -0.25) is 9.59 Å². The fourth-order valence-electron chi connectivity index (χ4n) is 2.78. The van der Waals surface area contributed by atoms with Crippen molar-refractivity contribution in [2.24, 2.45) is 0 Å². The number of amides is 1. The van der Waals surface area contributed by atoms with Crippen LogP contribution in [0.5, 0.6) is 0 Å². The van der Waals surface area contributed by atoms with Crippen molar-refractivity contribution in [3.8, 4) is 0 Å². The Morgan fingerprint density at radius 1 is 1.05 bits per heavy atom. The molecule has 0 aromatic heterocycles. The van der Waals surface area contributed by atoms with E-state index in [1.54, 1.807) is 11.0 Å². The molecule has 0 spiro atoms. The summed E-state index contributed by atoms with van der Waals surface area (Å²) in [6.45, 7) is 4.66. The topological polar surface area (TPSA) is 57.6 Å². The summed E-state index contributed by atoms with van der Waals surface area (Å²) in [6, 6.07) is 3.80. The van der Waals surface area contributed by atoms with Crippen LogP contribution in [0.25, 0.3) is 0 Å². The zero-order chi connectivity index (χ0) is 14.7. The molecule has 1 aromatic carbocycles. The lowest BCUT2D eigenvalue weighted by Crippen LogP contribution is -2.31. The summed E-state index contributed by atoms with van der Waals surface area (Å²) in [6.07, 6.45) is 3.55. The van der Waals surface area contributed by atoms with Crippen LogP contribution in [0.2, 0.25) is 0 Å². The molecular weight excluding hydrogens is 254 g/mol. The van der Waals surface area contributed by atoms with Gasteiger partial charge in [0.25, 0.3) is 11.7 Å². The average Bonchev–Trinajstić information content (AvgIpc) is 2.64. The second-order valence-electron chi connectivity index (χ2n) is 5.40. The van der Waals surface area contributed by atoms with Gasteiger partial charge in [0.05, 0.1) is 11.3 Å². The van der Waals surface area contributed by atoms with Crippen LogP contribution in [0.4, 0.5) is 5.69 Å². The summed E-state index contributed by atoms with van der Waals surface area (Å²) in [5, 5.41) is 8.74. The highest BCUT2D eigenvalue weighted by molar-refractivity contribution is 6.52. The molecule has 0 saturated heterocycles. The van der Waals surface area contributed by atoms with Gasteiger partial charge >= 0.3 is 0 Å². The van der Waals surface area contributed by atoms with Gasteiger partial charge in [0.1, 0.15) is 0 Å². The second-order valence-corrected chi connectivity index (χ2v) is 5.40. The molecule has 1 aliphatic rings. The molecule has 20 heavy (non-hydrogen) atoms. The Balaban J connectivity index is 2.12. The lowest BCUT2D eigenvalue weighted by molar-refractivity contribution is -0.114. The SMILES string of the molecule is Cc1cc(C)c2c(c1)C(=O)C(=O)N2CCCCCCO. The Labute approximate surface area is 119 Å². The lowest BCUT2D eigenvalue weighted by atomic mass is 10.0. The predicted molar refractivity (Wildman–Crippen MR) is 78.2 cm³/mol. The molecule has 4 nitrogen and oxygen atoms in total. The van der Waals surface area contributed by atoms with Crippen LogP contribution in [-0.2, 0) is 4.79 Å². The van der Waals surface area contributed by atoms with E-state index in [-0.39, 0.29) is 12.4 Å². The van der Waals surface area contributed by atoms with Gasteiger partial charge in [0.2, 0.25) is 0 Å². The number of ketones is 1. The van der Waals surface area contributed by atoms with E-state index in [9.17, 15) is 9.59 Å². The minimum Gasteiger partial charge on any atom is -0.396 e. The van der Waals surface area contributed by atoms with Crippen molar-refractivity contribution >= 4 is 17.4 Å². The zero-order valence-electron chi connectivity index (χ0n) is 12.1. The first kappa shape index (κ1) is 14.7. The molecule has 1 amide bonds. The Bertz CT molecular complexity index is 537. The number of hydrogen-bond donors (Lipinski definition) is 1. The molecule has 0 unspecified atom stereocenters. The highest BCUT2D eigenvalue weighted by Gasteiger charge is 2.36. The van der Waals surface area contributed by atoms with Crippen LogP contribution in [0.1, 0.15) is 47.2 Å². The lowest BCUT2D eigenvalue weighted by Gasteiger charge is -2.18. The molecule has 2 rings (SSSR count). The number of unbranched alkanes of at least 4 members (excludes halogenated alkanes) is 3. The predicted octanol–water partition coefficient (Wildman–Crippen LogP) is 2.39. The van der Waals surface area contributed by atoms with Gasteiger partial charge in [0, 0.05) is 13.2 Å². The van der Waals surface area contributed by atoms with Crippen molar-refractivity contribution in [3.05, 3.63) is 28.8 Å². The highest BCUT2D eigenvalue weighted by atomic mass is 16.3. The summed E-state index contributed by atoms with van der Waals surface area (Å²) in [7, 11) is 0. The Morgan fingerprint density at radius 3 is 2.45 bits per heavy atom. The van der Waals surface area contributed by atoms with Gasteiger partial charge in [-0.1, -0.05) is 18.9 Å². The number of Topliss-reactive ketones (excluding diaryl/α,β-unsaturated/α-hetero) is 1. The molecule has 1 aliphatic heterocycles. The van der Waals surface area contributed by atoms with E-state index in [0.29, 0.717) is 12.1 Å². The second kappa shape index (κ2) is 6.18. The fraction of sp³-hybridized carbons (Fsp3) is 0.500. The van der Waals surface area contributed by atoms with Crippen molar-refractivity contribution in [1.82, 2.24) is 0 Å². The number of aryl methyl sites for hydroxylation is 2. The molecule has 4 heteroatoms. The number of nitrogens with zero attached hydrogens (tertiary/aromatic N) is 1. The van der Waals surface area contributed by atoms with Crippen LogP contribution in [0.15, 0.2) is 12.1 Å². The van der Waals surface area contributed by atoms with Crippen LogP contribution >= 0.6 is 0 Å². The standard InChI is InChI=1S/C16H21NO3/c1-11-9-12(2)14-13(10-11)15(19)16(20)17(14)7-5-3-4-6-8-18/h9-10,18H,3-8H2,1-2H3. The molecule has 108 valence electrons. The van der Waals surface area contributed by atoms with E-state index in [4.69, 9.17) is 5.11 Å². The number of rotatable bonds is 6. The summed E-state index contributed by atoms with van der Waals surface area (Å²) in [5.74, 6) is -0.794.